The summed E-state index contributed by atoms with van der Waals surface area (Å²) in [4.78, 5) is 9.06. The van der Waals surface area contributed by atoms with Crippen molar-refractivity contribution >= 4 is 16.0 Å². The van der Waals surface area contributed by atoms with E-state index >= 15 is 0 Å². The normalized spacial score (nSPS) is 22.0. The second-order valence-electron chi connectivity index (χ2n) is 6.47. The first-order chi connectivity index (χ1) is 12.2. The van der Waals surface area contributed by atoms with Crippen molar-refractivity contribution in [2.75, 3.05) is 19.9 Å². The Labute approximate surface area is 153 Å². The van der Waals surface area contributed by atoms with Crippen LogP contribution in [0, 0.1) is 0 Å². The van der Waals surface area contributed by atoms with E-state index in [2.05, 4.69) is 9.98 Å². The van der Waals surface area contributed by atoms with Crippen LogP contribution in [0.4, 0.5) is 0 Å². The van der Waals surface area contributed by atoms with Crippen molar-refractivity contribution in [3.63, 3.8) is 0 Å². The molecule has 0 amide bonds. The molecule has 2 N–H and O–H groups in total. The first-order valence-corrected chi connectivity index (χ1v) is 9.76. The Bertz CT molecular complexity index is 958. The van der Waals surface area contributed by atoms with Gasteiger partial charge in [0.25, 0.3) is 0 Å². The number of aromatic nitrogens is 1. The average Bonchev–Trinajstić information content (AvgIpc) is 2.60. The van der Waals surface area contributed by atoms with E-state index in [0.717, 1.165) is 21.3 Å². The molecule has 1 atom stereocenters. The maximum atomic E-state index is 12.4. The van der Waals surface area contributed by atoms with Gasteiger partial charge in [-0.3, -0.25) is 4.98 Å². The highest BCUT2D eigenvalue weighted by molar-refractivity contribution is 7.89. The zero-order valence-corrected chi connectivity index (χ0v) is 15.8. The van der Waals surface area contributed by atoms with E-state index in [9.17, 15) is 8.42 Å². The topological polar surface area (TPSA) is 97.9 Å². The van der Waals surface area contributed by atoms with Crippen LogP contribution in [0.2, 0.25) is 0 Å². The highest BCUT2D eigenvalue weighted by Crippen LogP contribution is 2.31. The fourth-order valence-electron chi connectivity index (χ4n) is 3.00. The standard InChI is InChI=1S/C18H22N4O3S/c1-18(12-26(23,24)22(2)17(19)21-18)16-10-6-8-14(20-16)11-13-7-4-5-9-15(13)25-3/h4-10H,11-12H2,1-3H3,(H2,19,21)/t18-/m0/s1. The van der Waals surface area contributed by atoms with E-state index in [1.807, 2.05) is 36.4 Å². The lowest BCUT2D eigenvalue weighted by Crippen LogP contribution is -2.50. The van der Waals surface area contributed by atoms with Crippen molar-refractivity contribution in [3.05, 3.63) is 59.4 Å². The smallest absolute Gasteiger partial charge is 0.239 e. The van der Waals surface area contributed by atoms with E-state index in [4.69, 9.17) is 10.5 Å². The lowest BCUT2D eigenvalue weighted by Gasteiger charge is -2.33. The molecule has 0 radical (unpaired) electrons. The number of para-hydroxylation sites is 1. The maximum Gasteiger partial charge on any atom is 0.239 e. The molecule has 0 saturated carbocycles. The van der Waals surface area contributed by atoms with Crippen LogP contribution >= 0.6 is 0 Å². The summed E-state index contributed by atoms with van der Waals surface area (Å²) in [5.41, 5.74) is 7.18. The quantitative estimate of drug-likeness (QED) is 0.874. The first kappa shape index (κ1) is 18.2. The van der Waals surface area contributed by atoms with Crippen LogP contribution in [0.15, 0.2) is 47.5 Å². The first-order valence-electron chi connectivity index (χ1n) is 8.15. The molecule has 3 rings (SSSR count). The minimum absolute atomic E-state index is 0.0318. The predicted octanol–water partition coefficient (Wildman–Crippen LogP) is 1.49. The number of pyridine rings is 1. The molecule has 2 heterocycles. The molecule has 1 aliphatic rings. The highest BCUT2D eigenvalue weighted by atomic mass is 32.2. The van der Waals surface area contributed by atoms with Crippen LogP contribution in [-0.2, 0) is 22.0 Å². The fourth-order valence-corrected chi connectivity index (χ4v) is 4.45. The van der Waals surface area contributed by atoms with E-state index < -0.39 is 15.6 Å². The van der Waals surface area contributed by atoms with Gasteiger partial charge in [0.1, 0.15) is 17.0 Å². The Morgan fingerprint density at radius 1 is 1.23 bits per heavy atom. The van der Waals surface area contributed by atoms with Crippen LogP contribution < -0.4 is 10.5 Å². The molecule has 26 heavy (non-hydrogen) atoms. The summed E-state index contributed by atoms with van der Waals surface area (Å²) in [5, 5.41) is 0. The van der Waals surface area contributed by atoms with Gasteiger partial charge in [0.2, 0.25) is 16.0 Å². The second-order valence-corrected chi connectivity index (χ2v) is 8.47. The molecule has 0 saturated heterocycles. The summed E-state index contributed by atoms with van der Waals surface area (Å²) in [5.74, 6) is 0.577. The SMILES string of the molecule is COc1ccccc1Cc1cccc([C@]2(C)CS(=O)(=O)N(C)C(N)=N2)n1. The number of benzene rings is 1. The summed E-state index contributed by atoms with van der Waals surface area (Å²) < 4.78 is 31.1. The zero-order chi connectivity index (χ0) is 18.9. The lowest BCUT2D eigenvalue weighted by atomic mass is 9.99. The number of aliphatic imine (C=N–C) groups is 1. The van der Waals surface area contributed by atoms with Crippen molar-refractivity contribution in [2.45, 2.75) is 18.9 Å². The van der Waals surface area contributed by atoms with Crippen LogP contribution in [0.1, 0.15) is 23.9 Å². The predicted molar refractivity (Wildman–Crippen MR) is 101 cm³/mol. The Kier molecular flexibility index (Phi) is 4.62. The van der Waals surface area contributed by atoms with Crippen molar-refractivity contribution in [1.82, 2.24) is 9.29 Å². The van der Waals surface area contributed by atoms with Crippen molar-refractivity contribution < 1.29 is 13.2 Å². The summed E-state index contributed by atoms with van der Waals surface area (Å²) >= 11 is 0. The number of nitrogens with two attached hydrogens (primary N) is 1. The van der Waals surface area contributed by atoms with Gasteiger partial charge in [0.05, 0.1) is 12.8 Å². The molecule has 1 aliphatic heterocycles. The molecular formula is C18H22N4O3S. The van der Waals surface area contributed by atoms with Gasteiger partial charge < -0.3 is 10.5 Å². The van der Waals surface area contributed by atoms with Gasteiger partial charge in [0, 0.05) is 24.7 Å². The van der Waals surface area contributed by atoms with E-state index in [0.29, 0.717) is 12.1 Å². The molecule has 0 fully saturated rings. The molecule has 1 aromatic carbocycles. The Balaban J connectivity index is 1.97. The van der Waals surface area contributed by atoms with Gasteiger partial charge >= 0.3 is 0 Å². The number of rotatable bonds is 4. The van der Waals surface area contributed by atoms with Crippen LogP contribution in [0.3, 0.4) is 0 Å². The van der Waals surface area contributed by atoms with Crippen LogP contribution in [-0.4, -0.2) is 43.6 Å². The molecule has 2 aromatic rings. The van der Waals surface area contributed by atoms with E-state index in [-0.39, 0.29) is 11.7 Å². The van der Waals surface area contributed by atoms with Crippen LogP contribution in [0.5, 0.6) is 5.75 Å². The third kappa shape index (κ3) is 3.37. The number of hydrogen-bond acceptors (Lipinski definition) is 6. The van der Waals surface area contributed by atoms with E-state index in [1.165, 1.54) is 7.05 Å². The van der Waals surface area contributed by atoms with Crippen molar-refractivity contribution in [1.29, 1.82) is 0 Å². The van der Waals surface area contributed by atoms with Crippen molar-refractivity contribution in [2.24, 2.45) is 10.7 Å². The van der Waals surface area contributed by atoms with Gasteiger partial charge in [-0.05, 0) is 25.1 Å². The fraction of sp³-hybridized carbons (Fsp3) is 0.333. The molecule has 0 bridgehead atoms. The number of sulfonamides is 1. The molecule has 0 unspecified atom stereocenters. The molecule has 0 spiro atoms. The largest absolute Gasteiger partial charge is 0.496 e. The monoisotopic (exact) mass is 374 g/mol. The second kappa shape index (κ2) is 6.60. The van der Waals surface area contributed by atoms with Gasteiger partial charge in [-0.15, -0.1) is 0 Å². The number of ether oxygens (including phenoxy) is 1. The van der Waals surface area contributed by atoms with Gasteiger partial charge in [0.15, 0.2) is 0 Å². The van der Waals surface area contributed by atoms with Crippen molar-refractivity contribution in [3.8, 4) is 5.75 Å². The minimum Gasteiger partial charge on any atom is -0.496 e. The molecule has 1 aromatic heterocycles. The Morgan fingerprint density at radius 3 is 2.65 bits per heavy atom. The molecule has 0 aliphatic carbocycles. The molecule has 7 nitrogen and oxygen atoms in total. The molecule has 138 valence electrons. The maximum absolute atomic E-state index is 12.4. The number of hydrogen-bond donors (Lipinski definition) is 1. The van der Waals surface area contributed by atoms with Gasteiger partial charge in [-0.1, -0.05) is 24.3 Å². The number of nitrogens with zero attached hydrogens (tertiary/aromatic N) is 3. The Morgan fingerprint density at radius 2 is 1.96 bits per heavy atom. The minimum atomic E-state index is -3.53. The third-order valence-electron chi connectivity index (χ3n) is 4.49. The average molecular weight is 374 g/mol. The summed E-state index contributed by atoms with van der Waals surface area (Å²) in [6, 6.07) is 13.3. The molecular weight excluding hydrogens is 352 g/mol. The summed E-state index contributed by atoms with van der Waals surface area (Å²) in [6.07, 6.45) is 0.569. The van der Waals surface area contributed by atoms with E-state index in [1.54, 1.807) is 20.1 Å². The third-order valence-corrected chi connectivity index (χ3v) is 6.44. The number of methoxy groups -OCH3 is 1. The highest BCUT2D eigenvalue weighted by Gasteiger charge is 2.41. The van der Waals surface area contributed by atoms with Gasteiger partial charge in [-0.25, -0.2) is 17.7 Å². The Hall–Kier alpha value is -2.61. The molecule has 8 heteroatoms. The summed E-state index contributed by atoms with van der Waals surface area (Å²) in [7, 11) is -0.500. The lowest BCUT2D eigenvalue weighted by molar-refractivity contribution is 0.410. The number of guanidine groups is 1. The zero-order valence-electron chi connectivity index (χ0n) is 15.0. The van der Waals surface area contributed by atoms with Crippen LogP contribution in [0.25, 0.3) is 0 Å². The summed E-state index contributed by atoms with van der Waals surface area (Å²) in [6.45, 7) is 1.74. The van der Waals surface area contributed by atoms with Gasteiger partial charge in [-0.2, -0.15) is 0 Å².